The summed E-state index contributed by atoms with van der Waals surface area (Å²) in [5.41, 5.74) is 2.48. The number of aromatic nitrogens is 4. The number of aliphatic hydroxyl groups excluding tert-OH is 1. The standard InChI is InChI=1S/C16H18N6O2S/c23-13-9-22(8-12(13)19-16(24)11-3-4-17-20-11)7-10-6-18-21-15(10)14-2-1-5-25-14/h1-6,12-13,23H,7-9H2,(H,17,20)(H,18,21)(H,19,24)/t12-,13-/m1/s1. The fourth-order valence-corrected chi connectivity index (χ4v) is 3.83. The molecule has 1 amide bonds. The lowest BCUT2D eigenvalue weighted by Gasteiger charge is -2.16. The summed E-state index contributed by atoms with van der Waals surface area (Å²) in [5, 5.41) is 28.8. The summed E-state index contributed by atoms with van der Waals surface area (Å²) in [7, 11) is 0. The largest absolute Gasteiger partial charge is 0.390 e. The van der Waals surface area contributed by atoms with Gasteiger partial charge < -0.3 is 10.4 Å². The van der Waals surface area contributed by atoms with E-state index < -0.39 is 6.10 Å². The van der Waals surface area contributed by atoms with Crippen LogP contribution in [0.25, 0.3) is 10.6 Å². The molecule has 1 aliphatic heterocycles. The zero-order chi connectivity index (χ0) is 17.2. The van der Waals surface area contributed by atoms with E-state index in [1.165, 1.54) is 6.20 Å². The van der Waals surface area contributed by atoms with Gasteiger partial charge in [0, 0.05) is 31.4 Å². The lowest BCUT2D eigenvalue weighted by Crippen LogP contribution is -2.43. The van der Waals surface area contributed by atoms with Gasteiger partial charge >= 0.3 is 0 Å². The highest BCUT2D eigenvalue weighted by molar-refractivity contribution is 7.13. The molecule has 1 saturated heterocycles. The number of carbonyl (C=O) groups is 1. The van der Waals surface area contributed by atoms with Gasteiger partial charge in [-0.2, -0.15) is 10.2 Å². The molecule has 9 heteroatoms. The van der Waals surface area contributed by atoms with Crippen LogP contribution in [0.4, 0.5) is 0 Å². The highest BCUT2D eigenvalue weighted by atomic mass is 32.1. The predicted octanol–water partition coefficient (Wildman–Crippen LogP) is 0.836. The van der Waals surface area contributed by atoms with Crippen molar-refractivity contribution in [1.82, 2.24) is 30.6 Å². The molecule has 0 aliphatic carbocycles. The number of hydrogen-bond donors (Lipinski definition) is 4. The Labute approximate surface area is 147 Å². The number of nitrogens with one attached hydrogen (secondary N) is 3. The van der Waals surface area contributed by atoms with E-state index in [1.807, 2.05) is 23.7 Å². The average molecular weight is 358 g/mol. The molecule has 3 aromatic rings. The van der Waals surface area contributed by atoms with Gasteiger partial charge in [0.1, 0.15) is 5.69 Å². The maximum absolute atomic E-state index is 12.1. The van der Waals surface area contributed by atoms with E-state index in [0.29, 0.717) is 25.3 Å². The van der Waals surface area contributed by atoms with Gasteiger partial charge in [-0.05, 0) is 17.5 Å². The Hall–Kier alpha value is -2.49. The van der Waals surface area contributed by atoms with Gasteiger partial charge in [0.05, 0.1) is 28.9 Å². The van der Waals surface area contributed by atoms with Crippen molar-refractivity contribution < 1.29 is 9.90 Å². The number of H-pyrrole nitrogens is 2. The lowest BCUT2D eigenvalue weighted by atomic mass is 10.2. The monoisotopic (exact) mass is 358 g/mol. The molecular formula is C16H18N6O2S. The van der Waals surface area contributed by atoms with Gasteiger partial charge in [-0.3, -0.25) is 19.9 Å². The fraction of sp³-hybridized carbons (Fsp3) is 0.312. The van der Waals surface area contributed by atoms with E-state index >= 15 is 0 Å². The van der Waals surface area contributed by atoms with Crippen LogP contribution in [0, 0.1) is 0 Å². The summed E-state index contributed by atoms with van der Waals surface area (Å²) >= 11 is 1.66. The van der Waals surface area contributed by atoms with E-state index in [1.54, 1.807) is 17.4 Å². The summed E-state index contributed by atoms with van der Waals surface area (Å²) in [6.45, 7) is 1.75. The lowest BCUT2D eigenvalue weighted by molar-refractivity contribution is 0.0883. The third kappa shape index (κ3) is 3.34. The maximum Gasteiger partial charge on any atom is 0.269 e. The fourth-order valence-electron chi connectivity index (χ4n) is 3.07. The smallest absolute Gasteiger partial charge is 0.269 e. The first-order chi connectivity index (χ1) is 12.2. The molecule has 4 heterocycles. The maximum atomic E-state index is 12.1. The Balaban J connectivity index is 1.41. The van der Waals surface area contributed by atoms with Gasteiger partial charge in [0.2, 0.25) is 0 Å². The second kappa shape index (κ2) is 6.79. The first-order valence-corrected chi connectivity index (χ1v) is 8.85. The quantitative estimate of drug-likeness (QED) is 0.540. The van der Waals surface area contributed by atoms with Gasteiger partial charge in [-0.25, -0.2) is 0 Å². The minimum atomic E-state index is -0.607. The highest BCUT2D eigenvalue weighted by Gasteiger charge is 2.33. The van der Waals surface area contributed by atoms with Crippen LogP contribution in [0.15, 0.2) is 36.0 Å². The second-order valence-corrected chi connectivity index (χ2v) is 7.01. The van der Waals surface area contributed by atoms with Crippen molar-refractivity contribution in [3.05, 3.63) is 47.2 Å². The molecule has 4 N–H and O–H groups in total. The number of aliphatic hydroxyl groups is 1. The predicted molar refractivity (Wildman–Crippen MR) is 93.0 cm³/mol. The molecule has 8 nitrogen and oxygen atoms in total. The van der Waals surface area contributed by atoms with E-state index in [4.69, 9.17) is 0 Å². The number of amides is 1. The molecule has 0 radical (unpaired) electrons. The molecule has 0 bridgehead atoms. The van der Waals surface area contributed by atoms with Crippen LogP contribution in [0.5, 0.6) is 0 Å². The Morgan fingerprint density at radius 1 is 1.36 bits per heavy atom. The molecule has 1 fully saturated rings. The SMILES string of the molecule is O=C(N[C@@H]1CN(Cc2cn[nH]c2-c2cccs2)C[C@H]1O)c1ccn[nH]1. The molecule has 0 unspecified atom stereocenters. The van der Waals surface area contributed by atoms with E-state index in [2.05, 4.69) is 30.6 Å². The molecular weight excluding hydrogens is 340 g/mol. The Morgan fingerprint density at radius 2 is 2.28 bits per heavy atom. The van der Waals surface area contributed by atoms with Crippen LogP contribution in [0.3, 0.4) is 0 Å². The minimum absolute atomic E-state index is 0.258. The summed E-state index contributed by atoms with van der Waals surface area (Å²) in [5.74, 6) is -0.258. The van der Waals surface area contributed by atoms with Crippen LogP contribution in [-0.4, -0.2) is 61.5 Å². The highest BCUT2D eigenvalue weighted by Crippen LogP contribution is 2.27. The molecule has 0 aromatic carbocycles. The summed E-state index contributed by atoms with van der Waals surface area (Å²) < 4.78 is 0. The van der Waals surface area contributed by atoms with Crippen molar-refractivity contribution in [2.24, 2.45) is 0 Å². The van der Waals surface area contributed by atoms with Gasteiger partial charge in [-0.15, -0.1) is 11.3 Å². The number of likely N-dealkylation sites (tertiary alicyclic amines) is 1. The molecule has 130 valence electrons. The first kappa shape index (κ1) is 16.0. The molecule has 4 rings (SSSR count). The Kier molecular flexibility index (Phi) is 4.35. The van der Waals surface area contributed by atoms with E-state index in [-0.39, 0.29) is 11.9 Å². The van der Waals surface area contributed by atoms with Gasteiger partial charge in [0.15, 0.2) is 0 Å². The number of thiophene rings is 1. The van der Waals surface area contributed by atoms with Crippen LogP contribution < -0.4 is 5.32 Å². The summed E-state index contributed by atoms with van der Waals surface area (Å²) in [6.07, 6.45) is 2.74. The van der Waals surface area contributed by atoms with Crippen LogP contribution in [-0.2, 0) is 6.54 Å². The van der Waals surface area contributed by atoms with Crippen molar-refractivity contribution in [3.63, 3.8) is 0 Å². The number of carbonyl (C=O) groups excluding carboxylic acids is 1. The van der Waals surface area contributed by atoms with Crippen molar-refractivity contribution in [3.8, 4) is 10.6 Å². The van der Waals surface area contributed by atoms with Crippen LogP contribution >= 0.6 is 11.3 Å². The van der Waals surface area contributed by atoms with E-state index in [9.17, 15) is 9.90 Å². The second-order valence-electron chi connectivity index (χ2n) is 6.06. The average Bonchev–Trinajstić information content (AvgIpc) is 3.36. The molecule has 0 saturated carbocycles. The molecule has 1 aliphatic rings. The number of rotatable bonds is 5. The number of nitrogens with zero attached hydrogens (tertiary/aromatic N) is 3. The Bertz CT molecular complexity index is 829. The van der Waals surface area contributed by atoms with Crippen molar-refractivity contribution >= 4 is 17.2 Å². The van der Waals surface area contributed by atoms with Crippen molar-refractivity contribution in [1.29, 1.82) is 0 Å². The van der Waals surface area contributed by atoms with Crippen molar-refractivity contribution in [2.75, 3.05) is 13.1 Å². The van der Waals surface area contributed by atoms with Gasteiger partial charge in [0.25, 0.3) is 5.91 Å². The molecule has 3 aromatic heterocycles. The van der Waals surface area contributed by atoms with Crippen LogP contribution in [0.2, 0.25) is 0 Å². The van der Waals surface area contributed by atoms with Gasteiger partial charge in [-0.1, -0.05) is 6.07 Å². The first-order valence-electron chi connectivity index (χ1n) is 7.97. The van der Waals surface area contributed by atoms with E-state index in [0.717, 1.165) is 16.1 Å². The number of aromatic amines is 2. The molecule has 2 atom stereocenters. The topological polar surface area (TPSA) is 110 Å². The third-order valence-corrected chi connectivity index (χ3v) is 5.19. The van der Waals surface area contributed by atoms with Crippen LogP contribution in [0.1, 0.15) is 16.1 Å². The molecule has 25 heavy (non-hydrogen) atoms. The minimum Gasteiger partial charge on any atom is -0.390 e. The normalized spacial score (nSPS) is 20.8. The third-order valence-electron chi connectivity index (χ3n) is 4.31. The zero-order valence-electron chi connectivity index (χ0n) is 13.3. The zero-order valence-corrected chi connectivity index (χ0v) is 14.2. The summed E-state index contributed by atoms with van der Waals surface area (Å²) in [6, 6.07) is 5.35. The molecule has 0 spiro atoms. The Morgan fingerprint density at radius 3 is 3.04 bits per heavy atom. The summed E-state index contributed by atoms with van der Waals surface area (Å²) in [4.78, 5) is 15.4. The number of hydrogen-bond acceptors (Lipinski definition) is 6. The number of β-amino-alcohol motifs (C(OH)–C–C–N with tert-alkyl or cyclic N) is 1. The van der Waals surface area contributed by atoms with Crippen molar-refractivity contribution in [2.45, 2.75) is 18.7 Å².